The molecule has 0 aromatic heterocycles. The van der Waals surface area contributed by atoms with Crippen LogP contribution in [0.1, 0.15) is 41.0 Å². The van der Waals surface area contributed by atoms with Crippen LogP contribution in [-0.2, 0) is 28.8 Å². The van der Waals surface area contributed by atoms with E-state index in [1.54, 1.807) is 13.8 Å². The Kier molecular flexibility index (Phi) is 6.67. The molecule has 0 spiro atoms. The lowest BCUT2D eigenvalue weighted by Crippen LogP contribution is -2.45. The molecule has 1 aliphatic rings. The Balaban J connectivity index is 2.75. The number of hydrogen-bond donors (Lipinski definition) is 0. The highest BCUT2D eigenvalue weighted by atomic mass is 17.3. The minimum Gasteiger partial charge on any atom is -0.326 e. The molecule has 1 rings (SSSR count). The molecule has 126 valence electrons. The van der Waals surface area contributed by atoms with Crippen LogP contribution in [-0.4, -0.2) is 48.0 Å². The molecular weight excluding hydrogens is 290 g/mol. The minimum absolute atomic E-state index is 0.109. The van der Waals surface area contributed by atoms with Gasteiger partial charge in [-0.15, -0.1) is 0 Å². The van der Waals surface area contributed by atoms with Crippen molar-refractivity contribution >= 4 is 11.8 Å². The highest BCUT2D eigenvalue weighted by Crippen LogP contribution is 2.25. The molecule has 0 aromatic rings. The molecule has 0 radical (unpaired) electrons. The molecule has 0 saturated carbocycles. The van der Waals surface area contributed by atoms with Crippen molar-refractivity contribution in [1.82, 2.24) is 4.90 Å². The van der Waals surface area contributed by atoms with Gasteiger partial charge < -0.3 is 9.47 Å². The number of carbonyl (C=O) groups excluding carboxylic acids is 2. The summed E-state index contributed by atoms with van der Waals surface area (Å²) in [7, 11) is 0. The number of hydrogen-bond acceptors (Lipinski definition) is 6. The second-order valence-electron chi connectivity index (χ2n) is 5.74. The summed E-state index contributed by atoms with van der Waals surface area (Å²) in [5.41, 5.74) is -0.555. The third kappa shape index (κ3) is 5.49. The Morgan fingerprint density at radius 2 is 1.45 bits per heavy atom. The summed E-state index contributed by atoms with van der Waals surface area (Å²) in [6.45, 7) is 9.83. The first kappa shape index (κ1) is 18.8. The molecule has 1 heterocycles. The van der Waals surface area contributed by atoms with E-state index in [-0.39, 0.29) is 24.8 Å². The van der Waals surface area contributed by atoms with Gasteiger partial charge in [-0.3, -0.25) is 14.5 Å². The van der Waals surface area contributed by atoms with Crippen molar-refractivity contribution in [2.75, 3.05) is 19.8 Å². The molecule has 22 heavy (non-hydrogen) atoms. The molecule has 1 aliphatic heterocycles. The highest BCUT2D eigenvalue weighted by Gasteiger charge is 2.38. The normalized spacial score (nSPS) is 16.0. The van der Waals surface area contributed by atoms with Gasteiger partial charge in [0, 0.05) is 31.9 Å². The predicted molar refractivity (Wildman–Crippen MR) is 78.4 cm³/mol. The average molecular weight is 315 g/mol. The summed E-state index contributed by atoms with van der Waals surface area (Å²) in [5.74, 6) is -2.17. The quantitative estimate of drug-likeness (QED) is 0.279. The van der Waals surface area contributed by atoms with E-state index < -0.39 is 11.6 Å². The van der Waals surface area contributed by atoms with Gasteiger partial charge in [0.25, 0.3) is 11.8 Å². The van der Waals surface area contributed by atoms with Crippen molar-refractivity contribution in [3.05, 3.63) is 12.2 Å². The van der Waals surface area contributed by atoms with E-state index in [1.165, 1.54) is 12.2 Å². The Morgan fingerprint density at radius 3 is 1.86 bits per heavy atom. The molecule has 0 aliphatic carbocycles. The van der Waals surface area contributed by atoms with E-state index in [9.17, 15) is 9.59 Å². The van der Waals surface area contributed by atoms with E-state index in [0.29, 0.717) is 13.2 Å². The fraction of sp³-hybridized carbons (Fsp3) is 0.733. The van der Waals surface area contributed by atoms with Crippen LogP contribution >= 0.6 is 0 Å². The van der Waals surface area contributed by atoms with Crippen LogP contribution in [0.4, 0.5) is 0 Å². The smallest absolute Gasteiger partial charge is 0.313 e. The molecule has 7 heteroatoms. The maximum absolute atomic E-state index is 11.6. The fourth-order valence-electron chi connectivity index (χ4n) is 1.80. The van der Waals surface area contributed by atoms with Gasteiger partial charge >= 0.3 is 5.97 Å². The van der Waals surface area contributed by atoms with E-state index >= 15 is 0 Å². The zero-order valence-electron chi connectivity index (χ0n) is 13.9. The Labute approximate surface area is 131 Å². The Hall–Kier alpha value is -1.28. The summed E-state index contributed by atoms with van der Waals surface area (Å²) >= 11 is 0. The van der Waals surface area contributed by atoms with Crippen molar-refractivity contribution in [1.29, 1.82) is 0 Å². The SMILES string of the molecule is CCOC(CCN1C(=O)C=CC1=O)(OCC)OOC(C)(C)C. The van der Waals surface area contributed by atoms with Gasteiger partial charge in [-0.1, -0.05) is 0 Å². The van der Waals surface area contributed by atoms with Crippen LogP contribution in [0.5, 0.6) is 0 Å². The predicted octanol–water partition coefficient (Wildman–Crippen LogP) is 1.77. The van der Waals surface area contributed by atoms with Gasteiger partial charge in [0.2, 0.25) is 0 Å². The van der Waals surface area contributed by atoms with Crippen molar-refractivity contribution in [3.63, 3.8) is 0 Å². The maximum atomic E-state index is 11.6. The first-order valence-electron chi connectivity index (χ1n) is 7.41. The van der Waals surface area contributed by atoms with Crippen LogP contribution in [0.2, 0.25) is 0 Å². The standard InChI is InChI=1S/C15H25NO6/c1-6-19-15(20-7-2,22-21-14(3,4)5)10-11-16-12(17)8-9-13(16)18/h8-9H,6-7,10-11H2,1-5H3. The molecular formula is C15H25NO6. The average Bonchev–Trinajstić information content (AvgIpc) is 2.73. The Morgan fingerprint density at radius 1 is 0.955 bits per heavy atom. The Bertz CT molecular complexity index is 402. The van der Waals surface area contributed by atoms with Crippen molar-refractivity contribution < 1.29 is 28.8 Å². The summed E-state index contributed by atoms with van der Waals surface area (Å²) in [6, 6.07) is 0. The highest BCUT2D eigenvalue weighted by molar-refractivity contribution is 6.12. The lowest BCUT2D eigenvalue weighted by molar-refractivity contribution is -0.527. The number of ether oxygens (including phenoxy) is 2. The van der Waals surface area contributed by atoms with Crippen LogP contribution in [0.15, 0.2) is 12.2 Å². The van der Waals surface area contributed by atoms with Gasteiger partial charge in [-0.05, 0) is 34.6 Å². The summed E-state index contributed by atoms with van der Waals surface area (Å²) in [6.07, 6.45) is 2.61. The molecule has 0 unspecified atom stereocenters. The molecule has 2 amide bonds. The topological polar surface area (TPSA) is 74.3 Å². The van der Waals surface area contributed by atoms with Crippen molar-refractivity contribution in [3.8, 4) is 0 Å². The van der Waals surface area contributed by atoms with Gasteiger partial charge in [0.15, 0.2) is 0 Å². The maximum Gasteiger partial charge on any atom is 0.313 e. The minimum atomic E-state index is -1.46. The summed E-state index contributed by atoms with van der Waals surface area (Å²) < 4.78 is 11.1. The van der Waals surface area contributed by atoms with Gasteiger partial charge in [0.1, 0.15) is 0 Å². The third-order valence-corrected chi connectivity index (χ3v) is 2.69. The van der Waals surface area contributed by atoms with Gasteiger partial charge in [-0.25, -0.2) is 4.89 Å². The molecule has 0 fully saturated rings. The molecule has 7 nitrogen and oxygen atoms in total. The van der Waals surface area contributed by atoms with E-state index in [2.05, 4.69) is 0 Å². The monoisotopic (exact) mass is 315 g/mol. The van der Waals surface area contributed by atoms with Gasteiger partial charge in [0.05, 0.1) is 12.0 Å². The first-order valence-corrected chi connectivity index (χ1v) is 7.41. The zero-order chi connectivity index (χ0) is 16.8. The molecule has 0 bridgehead atoms. The molecule has 0 N–H and O–H groups in total. The van der Waals surface area contributed by atoms with Gasteiger partial charge in [-0.2, -0.15) is 4.89 Å². The largest absolute Gasteiger partial charge is 0.326 e. The third-order valence-electron chi connectivity index (χ3n) is 2.69. The lowest BCUT2D eigenvalue weighted by atomic mass is 10.2. The summed E-state index contributed by atoms with van der Waals surface area (Å²) in [4.78, 5) is 35.0. The zero-order valence-corrected chi connectivity index (χ0v) is 13.9. The molecule has 0 aromatic carbocycles. The number of rotatable bonds is 9. The van der Waals surface area contributed by atoms with E-state index in [0.717, 1.165) is 4.90 Å². The molecule has 0 atom stereocenters. The van der Waals surface area contributed by atoms with Crippen molar-refractivity contribution in [2.24, 2.45) is 0 Å². The van der Waals surface area contributed by atoms with Crippen LogP contribution < -0.4 is 0 Å². The first-order chi connectivity index (χ1) is 10.2. The number of nitrogens with zero attached hydrogens (tertiary/aromatic N) is 1. The van der Waals surface area contributed by atoms with Crippen LogP contribution in [0, 0.1) is 0 Å². The van der Waals surface area contributed by atoms with Crippen LogP contribution in [0.3, 0.4) is 0 Å². The summed E-state index contributed by atoms with van der Waals surface area (Å²) in [5, 5.41) is 0. The van der Waals surface area contributed by atoms with Crippen molar-refractivity contribution in [2.45, 2.75) is 52.6 Å². The second kappa shape index (κ2) is 7.82. The van der Waals surface area contributed by atoms with Crippen LogP contribution in [0.25, 0.3) is 0 Å². The molecule has 0 saturated heterocycles. The number of amides is 2. The fourth-order valence-corrected chi connectivity index (χ4v) is 1.80. The second-order valence-corrected chi connectivity index (χ2v) is 5.74. The lowest BCUT2D eigenvalue weighted by Gasteiger charge is -2.34. The van der Waals surface area contributed by atoms with E-state index in [4.69, 9.17) is 19.2 Å². The van der Waals surface area contributed by atoms with E-state index in [1.807, 2.05) is 20.8 Å². The number of imide groups is 1. The number of carbonyl (C=O) groups is 2.